The normalized spacial score (nSPS) is 14.5. The maximum atomic E-state index is 13.0. The molecule has 172 valence electrons. The minimum atomic E-state index is -0.563. The van der Waals surface area contributed by atoms with Crippen molar-refractivity contribution in [2.45, 2.75) is 6.92 Å². The molecule has 1 aliphatic heterocycles. The standard InChI is InChI=1S/C25H17Cl3N2O4/c1-3-10-33-25(32)19-11-15(4-7-20(19)26)23-9-6-17(34-23)13-18-14(2)29-30(24(18)31)16-5-8-21(27)22(28)12-16/h3-9,11-13H,1,10H2,2H3. The molecule has 0 N–H and O–H groups in total. The van der Waals surface area contributed by atoms with E-state index in [9.17, 15) is 9.59 Å². The summed E-state index contributed by atoms with van der Waals surface area (Å²) < 4.78 is 11.0. The van der Waals surface area contributed by atoms with Gasteiger partial charge in [0.2, 0.25) is 0 Å². The molecule has 1 aromatic heterocycles. The predicted octanol–water partition coefficient (Wildman–Crippen LogP) is 7.06. The van der Waals surface area contributed by atoms with Crippen LogP contribution in [0.2, 0.25) is 15.1 Å². The Labute approximate surface area is 210 Å². The van der Waals surface area contributed by atoms with Crippen molar-refractivity contribution in [1.82, 2.24) is 0 Å². The molecule has 0 saturated heterocycles. The number of nitrogens with zero attached hydrogens (tertiary/aromatic N) is 2. The fraction of sp³-hybridized carbons (Fsp3) is 0.0800. The van der Waals surface area contributed by atoms with Crippen molar-refractivity contribution in [2.75, 3.05) is 11.6 Å². The van der Waals surface area contributed by atoms with Crippen molar-refractivity contribution in [3.05, 3.63) is 93.2 Å². The number of carbonyl (C=O) groups excluding carboxylic acids is 2. The monoisotopic (exact) mass is 514 g/mol. The zero-order valence-electron chi connectivity index (χ0n) is 17.8. The van der Waals surface area contributed by atoms with Crippen LogP contribution in [0.1, 0.15) is 23.0 Å². The van der Waals surface area contributed by atoms with Crippen LogP contribution in [0.3, 0.4) is 0 Å². The third kappa shape index (κ3) is 4.80. The number of furan rings is 1. The molecule has 0 aliphatic carbocycles. The van der Waals surface area contributed by atoms with Crippen LogP contribution < -0.4 is 5.01 Å². The van der Waals surface area contributed by atoms with Gasteiger partial charge in [-0.05, 0) is 61.5 Å². The van der Waals surface area contributed by atoms with Crippen LogP contribution in [0.15, 0.2) is 76.3 Å². The first-order valence-electron chi connectivity index (χ1n) is 10.0. The van der Waals surface area contributed by atoms with Gasteiger partial charge in [-0.25, -0.2) is 4.79 Å². The molecule has 0 atom stereocenters. The smallest absolute Gasteiger partial charge is 0.339 e. The van der Waals surface area contributed by atoms with Crippen LogP contribution in [0, 0.1) is 0 Å². The quantitative estimate of drug-likeness (QED) is 0.200. The van der Waals surface area contributed by atoms with Gasteiger partial charge in [-0.2, -0.15) is 10.1 Å². The van der Waals surface area contributed by atoms with Crippen molar-refractivity contribution in [3.8, 4) is 11.3 Å². The highest BCUT2D eigenvalue weighted by atomic mass is 35.5. The summed E-state index contributed by atoms with van der Waals surface area (Å²) in [5.41, 5.74) is 2.23. The van der Waals surface area contributed by atoms with Gasteiger partial charge in [0.1, 0.15) is 18.1 Å². The zero-order valence-corrected chi connectivity index (χ0v) is 20.1. The fourth-order valence-corrected chi connectivity index (χ4v) is 3.74. The molecule has 2 heterocycles. The second kappa shape index (κ2) is 9.89. The molecule has 0 bridgehead atoms. The second-order valence-corrected chi connectivity index (χ2v) is 8.46. The summed E-state index contributed by atoms with van der Waals surface area (Å²) in [5, 5.41) is 6.56. The highest BCUT2D eigenvalue weighted by Gasteiger charge is 2.29. The third-order valence-corrected chi connectivity index (χ3v) is 6.00. The van der Waals surface area contributed by atoms with Gasteiger partial charge in [0.05, 0.1) is 37.6 Å². The van der Waals surface area contributed by atoms with Gasteiger partial charge >= 0.3 is 5.97 Å². The highest BCUT2D eigenvalue weighted by molar-refractivity contribution is 6.42. The summed E-state index contributed by atoms with van der Waals surface area (Å²) >= 11 is 18.2. The van der Waals surface area contributed by atoms with E-state index in [1.54, 1.807) is 61.5 Å². The largest absolute Gasteiger partial charge is 0.458 e. The van der Waals surface area contributed by atoms with Crippen LogP contribution in [0.25, 0.3) is 17.4 Å². The SMILES string of the molecule is C=CCOC(=O)c1cc(-c2ccc(C=C3C(=O)N(c4ccc(Cl)c(Cl)c4)N=C3C)o2)ccc1Cl. The van der Waals surface area contributed by atoms with Gasteiger partial charge in [0, 0.05) is 5.56 Å². The van der Waals surface area contributed by atoms with Crippen molar-refractivity contribution in [2.24, 2.45) is 5.10 Å². The molecule has 3 aromatic rings. The van der Waals surface area contributed by atoms with E-state index in [0.29, 0.717) is 44.1 Å². The van der Waals surface area contributed by atoms with E-state index in [-0.39, 0.29) is 23.1 Å². The number of esters is 1. The van der Waals surface area contributed by atoms with Gasteiger partial charge in [-0.1, -0.05) is 47.5 Å². The molecule has 9 heteroatoms. The van der Waals surface area contributed by atoms with E-state index in [4.69, 9.17) is 44.0 Å². The first kappa shape index (κ1) is 23.8. The molecule has 0 radical (unpaired) electrons. The topological polar surface area (TPSA) is 72.1 Å². The Hall–Kier alpha value is -3.32. The molecule has 0 saturated carbocycles. The fourth-order valence-electron chi connectivity index (χ4n) is 3.25. The van der Waals surface area contributed by atoms with Gasteiger partial charge in [0.25, 0.3) is 5.91 Å². The average Bonchev–Trinajstić information content (AvgIpc) is 3.40. The summed E-state index contributed by atoms with van der Waals surface area (Å²) in [4.78, 5) is 25.2. The lowest BCUT2D eigenvalue weighted by atomic mass is 10.1. The van der Waals surface area contributed by atoms with E-state index < -0.39 is 5.97 Å². The van der Waals surface area contributed by atoms with Crippen LogP contribution in [0.4, 0.5) is 5.69 Å². The van der Waals surface area contributed by atoms with Gasteiger partial charge < -0.3 is 9.15 Å². The molecule has 2 aromatic carbocycles. The van der Waals surface area contributed by atoms with Crippen LogP contribution in [-0.4, -0.2) is 24.2 Å². The summed E-state index contributed by atoms with van der Waals surface area (Å²) in [6, 6.07) is 13.2. The highest BCUT2D eigenvalue weighted by Crippen LogP contribution is 2.32. The molecule has 0 fully saturated rings. The lowest BCUT2D eigenvalue weighted by Gasteiger charge is -2.12. The Bertz CT molecular complexity index is 1370. The molecule has 4 rings (SSSR count). The first-order chi connectivity index (χ1) is 16.3. The van der Waals surface area contributed by atoms with Gasteiger partial charge in [0.15, 0.2) is 0 Å². The van der Waals surface area contributed by atoms with E-state index in [1.807, 2.05) is 0 Å². The number of halogens is 3. The van der Waals surface area contributed by atoms with Crippen LogP contribution in [0.5, 0.6) is 0 Å². The van der Waals surface area contributed by atoms with E-state index >= 15 is 0 Å². The second-order valence-electron chi connectivity index (χ2n) is 7.24. The molecule has 34 heavy (non-hydrogen) atoms. The van der Waals surface area contributed by atoms with Gasteiger partial charge in [-0.15, -0.1) is 0 Å². The number of ether oxygens (including phenoxy) is 1. The molecule has 6 nitrogen and oxygen atoms in total. The number of amides is 1. The Morgan fingerprint density at radius 3 is 2.59 bits per heavy atom. The third-order valence-electron chi connectivity index (χ3n) is 4.93. The Balaban J connectivity index is 1.59. The first-order valence-corrected chi connectivity index (χ1v) is 11.2. The number of anilines is 1. The molecule has 1 amide bonds. The Kier molecular flexibility index (Phi) is 6.93. The summed E-state index contributed by atoms with van der Waals surface area (Å²) in [7, 11) is 0. The number of hydrogen-bond donors (Lipinski definition) is 0. The molecule has 0 spiro atoms. The minimum absolute atomic E-state index is 0.0754. The molecular weight excluding hydrogens is 499 g/mol. The lowest BCUT2D eigenvalue weighted by Crippen LogP contribution is -2.21. The van der Waals surface area contributed by atoms with E-state index in [0.717, 1.165) is 0 Å². The maximum Gasteiger partial charge on any atom is 0.339 e. The van der Waals surface area contributed by atoms with E-state index in [2.05, 4.69) is 11.7 Å². The Morgan fingerprint density at radius 1 is 1.09 bits per heavy atom. The number of hydrazone groups is 1. The maximum absolute atomic E-state index is 13.0. The lowest BCUT2D eigenvalue weighted by molar-refractivity contribution is -0.114. The van der Waals surface area contributed by atoms with Crippen molar-refractivity contribution < 1.29 is 18.7 Å². The van der Waals surface area contributed by atoms with Crippen LogP contribution >= 0.6 is 34.8 Å². The van der Waals surface area contributed by atoms with Crippen LogP contribution in [-0.2, 0) is 9.53 Å². The summed E-state index contributed by atoms with van der Waals surface area (Å²) in [6.45, 7) is 5.32. The van der Waals surface area contributed by atoms with Gasteiger partial charge in [-0.3, -0.25) is 4.79 Å². The number of carbonyl (C=O) groups is 2. The molecule has 0 unspecified atom stereocenters. The predicted molar refractivity (Wildman–Crippen MR) is 135 cm³/mol. The summed E-state index contributed by atoms with van der Waals surface area (Å²) in [6.07, 6.45) is 3.08. The van der Waals surface area contributed by atoms with E-state index in [1.165, 1.54) is 11.1 Å². The minimum Gasteiger partial charge on any atom is -0.458 e. The zero-order chi connectivity index (χ0) is 24.4. The summed E-state index contributed by atoms with van der Waals surface area (Å²) in [5.74, 6) is 0.0382. The molecular formula is C25H17Cl3N2O4. The number of rotatable bonds is 6. The average molecular weight is 516 g/mol. The Morgan fingerprint density at radius 2 is 1.85 bits per heavy atom. The number of hydrogen-bond acceptors (Lipinski definition) is 5. The molecule has 1 aliphatic rings. The van der Waals surface area contributed by atoms with Crippen molar-refractivity contribution >= 4 is 64.2 Å². The number of benzene rings is 2. The van der Waals surface area contributed by atoms with Crippen molar-refractivity contribution in [3.63, 3.8) is 0 Å². The van der Waals surface area contributed by atoms with Crippen molar-refractivity contribution in [1.29, 1.82) is 0 Å².